The van der Waals surface area contributed by atoms with Crippen LogP contribution in [0.1, 0.15) is 6.92 Å². The highest BCUT2D eigenvalue weighted by atomic mass is 19.1. The van der Waals surface area contributed by atoms with E-state index in [9.17, 15) is 18.4 Å². The first kappa shape index (κ1) is 24.8. The number of aryl methyl sites for hydroxylation is 1. The number of nitrogens with one attached hydrogen (secondary N) is 3. The zero-order chi connectivity index (χ0) is 25.7. The van der Waals surface area contributed by atoms with Gasteiger partial charge in [0.2, 0.25) is 0 Å². The van der Waals surface area contributed by atoms with E-state index in [1.165, 1.54) is 10.6 Å². The average Bonchev–Trinajstić information content (AvgIpc) is 2.86. The standard InChI is InChI=1S/C26H25F2N5O3/c1-3-33-23-14-24(29-9-10-36-2)30-15-16(23)11-19(25(33)34)18-12-22(21(28)13-20(18)27)32-26(35)31-17-7-5-4-6-8-17/h4-8,11-15H,3,9-10H2,1-2H3,(H,29,30)(H2,31,32,35). The van der Waals surface area contributed by atoms with Crippen molar-refractivity contribution in [1.29, 1.82) is 0 Å². The first-order chi connectivity index (χ1) is 17.4. The minimum Gasteiger partial charge on any atom is -0.383 e. The van der Waals surface area contributed by atoms with Crippen molar-refractivity contribution in [3.8, 4) is 11.1 Å². The number of amides is 2. The summed E-state index contributed by atoms with van der Waals surface area (Å²) in [5.41, 5.74) is 0.284. The SMILES string of the molecule is CCn1c(=O)c(-c2cc(NC(=O)Nc3ccccc3)c(F)cc2F)cc2cnc(NCCOC)cc21. The first-order valence-corrected chi connectivity index (χ1v) is 11.3. The molecule has 0 radical (unpaired) electrons. The topological polar surface area (TPSA) is 97.3 Å². The van der Waals surface area contributed by atoms with Crippen LogP contribution in [-0.2, 0) is 11.3 Å². The zero-order valence-electron chi connectivity index (χ0n) is 19.8. The minimum atomic E-state index is -0.968. The number of hydrogen-bond donors (Lipinski definition) is 3. The van der Waals surface area contributed by atoms with Crippen LogP contribution in [0.25, 0.3) is 22.0 Å². The quantitative estimate of drug-likeness (QED) is 0.298. The summed E-state index contributed by atoms with van der Waals surface area (Å²) < 4.78 is 35.9. The summed E-state index contributed by atoms with van der Waals surface area (Å²) in [5.74, 6) is -1.33. The molecule has 2 aromatic carbocycles. The van der Waals surface area contributed by atoms with Crippen LogP contribution < -0.4 is 21.5 Å². The maximum atomic E-state index is 14.9. The van der Waals surface area contributed by atoms with Gasteiger partial charge in [0.25, 0.3) is 5.56 Å². The molecule has 186 valence electrons. The number of urea groups is 1. The Morgan fingerprint density at radius 2 is 1.81 bits per heavy atom. The molecule has 0 saturated carbocycles. The Hall–Kier alpha value is -4.31. The highest BCUT2D eigenvalue weighted by Gasteiger charge is 2.18. The van der Waals surface area contributed by atoms with Crippen LogP contribution in [0.5, 0.6) is 0 Å². The van der Waals surface area contributed by atoms with Gasteiger partial charge in [-0.3, -0.25) is 4.79 Å². The van der Waals surface area contributed by atoms with Crippen molar-refractivity contribution in [2.45, 2.75) is 13.5 Å². The van der Waals surface area contributed by atoms with E-state index in [0.717, 1.165) is 6.07 Å². The normalized spacial score (nSPS) is 10.9. The molecule has 10 heteroatoms. The number of nitrogens with zero attached hydrogens (tertiary/aromatic N) is 2. The monoisotopic (exact) mass is 493 g/mol. The van der Waals surface area contributed by atoms with Gasteiger partial charge in [0.1, 0.15) is 17.5 Å². The van der Waals surface area contributed by atoms with Crippen molar-refractivity contribution >= 4 is 34.1 Å². The molecule has 0 atom stereocenters. The van der Waals surface area contributed by atoms with E-state index in [0.29, 0.717) is 48.2 Å². The highest BCUT2D eigenvalue weighted by molar-refractivity contribution is 6.00. The number of para-hydroxylation sites is 1. The van der Waals surface area contributed by atoms with Crippen LogP contribution in [0.4, 0.5) is 30.8 Å². The van der Waals surface area contributed by atoms with Gasteiger partial charge in [-0.1, -0.05) is 18.2 Å². The van der Waals surface area contributed by atoms with Gasteiger partial charge in [0.05, 0.1) is 23.4 Å². The molecule has 0 aliphatic carbocycles. The fourth-order valence-corrected chi connectivity index (χ4v) is 3.81. The summed E-state index contributed by atoms with van der Waals surface area (Å²) in [5, 5.41) is 8.67. The molecular weight excluding hydrogens is 468 g/mol. The molecule has 0 aliphatic heterocycles. The van der Waals surface area contributed by atoms with Gasteiger partial charge in [0, 0.05) is 55.2 Å². The second-order valence-electron chi connectivity index (χ2n) is 7.91. The second kappa shape index (κ2) is 11.0. The molecule has 0 bridgehead atoms. The lowest BCUT2D eigenvalue weighted by atomic mass is 10.0. The van der Waals surface area contributed by atoms with E-state index in [1.54, 1.807) is 56.6 Å². The molecule has 4 aromatic rings. The van der Waals surface area contributed by atoms with Crippen molar-refractivity contribution in [2.24, 2.45) is 0 Å². The number of anilines is 3. The molecule has 2 heterocycles. The van der Waals surface area contributed by atoms with E-state index < -0.39 is 23.2 Å². The van der Waals surface area contributed by atoms with E-state index >= 15 is 0 Å². The predicted molar refractivity (Wildman–Crippen MR) is 136 cm³/mol. The van der Waals surface area contributed by atoms with Crippen LogP contribution in [0.15, 0.2) is 65.6 Å². The summed E-state index contributed by atoms with van der Waals surface area (Å²) in [6.07, 6.45) is 1.58. The number of halogens is 2. The van der Waals surface area contributed by atoms with Gasteiger partial charge in [-0.25, -0.2) is 18.6 Å². The number of pyridine rings is 2. The molecule has 0 spiro atoms. The minimum absolute atomic E-state index is 0.0234. The third-order valence-electron chi connectivity index (χ3n) is 5.53. The van der Waals surface area contributed by atoms with E-state index in [2.05, 4.69) is 20.9 Å². The number of benzene rings is 2. The van der Waals surface area contributed by atoms with Crippen molar-refractivity contribution < 1.29 is 18.3 Å². The predicted octanol–water partition coefficient (Wildman–Crippen LogP) is 5.06. The summed E-state index contributed by atoms with van der Waals surface area (Å²) in [7, 11) is 1.59. The molecular formula is C26H25F2N5O3. The fraction of sp³-hybridized carbons (Fsp3) is 0.192. The number of methoxy groups -OCH3 is 1. The van der Waals surface area contributed by atoms with Gasteiger partial charge in [-0.2, -0.15) is 0 Å². The van der Waals surface area contributed by atoms with E-state index in [4.69, 9.17) is 4.74 Å². The van der Waals surface area contributed by atoms with Crippen molar-refractivity contribution in [2.75, 3.05) is 36.2 Å². The molecule has 36 heavy (non-hydrogen) atoms. The Bertz CT molecular complexity index is 1460. The molecule has 0 saturated heterocycles. The molecule has 8 nitrogen and oxygen atoms in total. The maximum absolute atomic E-state index is 14.9. The molecule has 4 rings (SSSR count). The van der Waals surface area contributed by atoms with Crippen LogP contribution in [-0.4, -0.2) is 35.8 Å². The summed E-state index contributed by atoms with van der Waals surface area (Å²) >= 11 is 0. The number of carbonyl (C=O) groups excluding carboxylic acids is 1. The Labute approximate surface area is 205 Å². The smallest absolute Gasteiger partial charge is 0.323 e. The Morgan fingerprint density at radius 3 is 2.53 bits per heavy atom. The summed E-state index contributed by atoms with van der Waals surface area (Å²) in [4.78, 5) is 30.1. The number of carbonyl (C=O) groups is 1. The lowest BCUT2D eigenvalue weighted by Crippen LogP contribution is -2.23. The van der Waals surface area contributed by atoms with Gasteiger partial charge < -0.3 is 25.3 Å². The zero-order valence-corrected chi connectivity index (χ0v) is 19.8. The van der Waals surface area contributed by atoms with Crippen LogP contribution in [0, 0.1) is 11.6 Å². The van der Waals surface area contributed by atoms with Crippen LogP contribution in [0.2, 0.25) is 0 Å². The number of ether oxygens (including phenoxy) is 1. The Balaban J connectivity index is 1.71. The third-order valence-corrected chi connectivity index (χ3v) is 5.53. The molecule has 0 unspecified atom stereocenters. The summed E-state index contributed by atoms with van der Waals surface area (Å²) in [6, 6.07) is 12.9. The third kappa shape index (κ3) is 5.33. The van der Waals surface area contributed by atoms with E-state index in [-0.39, 0.29) is 16.8 Å². The fourth-order valence-electron chi connectivity index (χ4n) is 3.81. The summed E-state index contributed by atoms with van der Waals surface area (Å²) in [6.45, 7) is 3.14. The van der Waals surface area contributed by atoms with Crippen molar-refractivity contribution in [1.82, 2.24) is 9.55 Å². The van der Waals surface area contributed by atoms with Gasteiger partial charge >= 0.3 is 6.03 Å². The maximum Gasteiger partial charge on any atom is 0.323 e. The highest BCUT2D eigenvalue weighted by Crippen LogP contribution is 2.29. The number of aromatic nitrogens is 2. The largest absolute Gasteiger partial charge is 0.383 e. The van der Waals surface area contributed by atoms with Gasteiger partial charge in [0.15, 0.2) is 0 Å². The van der Waals surface area contributed by atoms with Crippen LogP contribution >= 0.6 is 0 Å². The number of rotatable bonds is 8. The number of fused-ring (bicyclic) bond motifs is 1. The van der Waals surface area contributed by atoms with Gasteiger partial charge in [-0.15, -0.1) is 0 Å². The second-order valence-corrected chi connectivity index (χ2v) is 7.91. The Morgan fingerprint density at radius 1 is 1.03 bits per heavy atom. The van der Waals surface area contributed by atoms with Crippen molar-refractivity contribution in [3.05, 3.63) is 82.8 Å². The van der Waals surface area contributed by atoms with E-state index in [1.807, 2.05) is 0 Å². The molecule has 0 aliphatic rings. The molecule has 3 N–H and O–H groups in total. The lowest BCUT2D eigenvalue weighted by Gasteiger charge is -2.15. The van der Waals surface area contributed by atoms with Crippen molar-refractivity contribution in [3.63, 3.8) is 0 Å². The Kier molecular flexibility index (Phi) is 7.55. The van der Waals surface area contributed by atoms with Crippen LogP contribution in [0.3, 0.4) is 0 Å². The first-order valence-electron chi connectivity index (χ1n) is 11.3. The molecule has 0 fully saturated rings. The molecule has 2 amide bonds. The number of hydrogen-bond acceptors (Lipinski definition) is 5. The average molecular weight is 494 g/mol. The molecule has 2 aromatic heterocycles. The van der Waals surface area contributed by atoms with Gasteiger partial charge in [-0.05, 0) is 31.2 Å². The lowest BCUT2D eigenvalue weighted by molar-refractivity contribution is 0.210.